The van der Waals surface area contributed by atoms with Crippen molar-refractivity contribution in [3.05, 3.63) is 192 Å². The summed E-state index contributed by atoms with van der Waals surface area (Å²) >= 11 is -0.826. The van der Waals surface area contributed by atoms with Crippen LogP contribution >= 0.6 is 17.0 Å². The average molecular weight is 959 g/mol. The number of fused-ring (bicyclic) bond motifs is 2. The molecule has 0 saturated carbocycles. The predicted octanol–water partition coefficient (Wildman–Crippen LogP) is 14.7. The zero-order chi connectivity index (χ0) is 44.5. The van der Waals surface area contributed by atoms with Crippen LogP contribution in [0.1, 0.15) is 22.3 Å². The number of hydrogen-bond acceptors (Lipinski definition) is 2. The topological polar surface area (TPSA) is 18.5 Å². The van der Waals surface area contributed by atoms with Crippen molar-refractivity contribution in [2.24, 2.45) is 0 Å². The Morgan fingerprint density at radius 2 is 0.839 bits per heavy atom. The van der Waals surface area contributed by atoms with Crippen LogP contribution in [0.2, 0.25) is 13.1 Å². The van der Waals surface area contributed by atoms with E-state index < -0.39 is 20.8 Å². The summed E-state index contributed by atoms with van der Waals surface area (Å²) in [5.74, 6) is 0. The number of aryl methyl sites for hydroxylation is 2. The minimum atomic E-state index is -0.826. The standard InChI is InChI=1S/2C26H27NO.C2H6Si.2ClH.Zr/c2*1-20-16-23-10-7-11-25(26(23)17-20)22-12-14-24(15-13-22)27(2,3)19-28-18-21-8-5-4-6-9-21;1-3-2;;;/h2*4-17H,18-19H2,1-3H3;1-2H3;2*1H;/q;;;;;+4/p-2. The first kappa shape index (κ1) is 49.1. The molecule has 0 aromatic heterocycles. The molecular formula is C54H60Cl2N2O2SiZr+2. The van der Waals surface area contributed by atoms with Crippen LogP contribution in [0.4, 0.5) is 11.4 Å². The molecule has 8 aromatic rings. The van der Waals surface area contributed by atoms with Crippen LogP contribution in [0.25, 0.3) is 43.8 Å². The van der Waals surface area contributed by atoms with E-state index in [9.17, 15) is 0 Å². The summed E-state index contributed by atoms with van der Waals surface area (Å²) in [6.45, 7) is 11.2. The maximum absolute atomic E-state index is 5.99. The Balaban J connectivity index is 0.000000208. The van der Waals surface area contributed by atoms with Gasteiger partial charge in [-0.25, -0.2) is 0 Å². The number of benzene rings is 6. The Bertz CT molecular complexity index is 2360. The van der Waals surface area contributed by atoms with Crippen molar-refractivity contribution in [1.29, 1.82) is 0 Å². The molecule has 0 saturated heterocycles. The molecule has 318 valence electrons. The summed E-state index contributed by atoms with van der Waals surface area (Å²) in [6, 6.07) is 60.5. The van der Waals surface area contributed by atoms with Crippen molar-refractivity contribution in [1.82, 2.24) is 8.97 Å². The summed E-state index contributed by atoms with van der Waals surface area (Å²) in [7, 11) is 19.7. The number of quaternary nitrogens is 2. The van der Waals surface area contributed by atoms with Crippen molar-refractivity contribution in [3.63, 3.8) is 0 Å². The Morgan fingerprint density at radius 1 is 0.500 bits per heavy atom. The van der Waals surface area contributed by atoms with Gasteiger partial charge in [-0.3, -0.25) is 8.97 Å². The molecular weight excluding hydrogens is 899 g/mol. The van der Waals surface area contributed by atoms with E-state index in [-0.39, 0.29) is 0 Å². The SMILES string of the molecule is C[Si]C.Cc1cc2c(-c3ccc([N+](C)(C)COCc4ccccc4)cc3)cccc2[cH-]1.Cc1cc2c(-c3ccc([N+](C)(C)COCc4ccccc4)cc3)cccc2[cH-]1.[Cl][Zr+2][Cl]. The van der Waals surface area contributed by atoms with Crippen LogP contribution in [0.5, 0.6) is 0 Å². The molecule has 0 atom stereocenters. The fraction of sp³-hybridized carbons (Fsp3) is 0.222. The molecule has 8 heteroatoms. The van der Waals surface area contributed by atoms with Gasteiger partial charge in [0.15, 0.2) is 13.5 Å². The van der Waals surface area contributed by atoms with Gasteiger partial charge in [0.05, 0.1) is 41.4 Å². The van der Waals surface area contributed by atoms with Crippen molar-refractivity contribution < 1.29 is 30.3 Å². The van der Waals surface area contributed by atoms with Gasteiger partial charge in [0, 0.05) is 9.52 Å². The summed E-state index contributed by atoms with van der Waals surface area (Å²) in [5, 5.41) is 5.27. The van der Waals surface area contributed by atoms with E-state index in [1.165, 1.54) is 77.4 Å². The molecule has 0 fully saturated rings. The second-order valence-corrected chi connectivity index (χ2v) is 21.4. The molecule has 0 amide bonds. The van der Waals surface area contributed by atoms with Gasteiger partial charge in [-0.1, -0.05) is 111 Å². The monoisotopic (exact) mass is 956 g/mol. The maximum atomic E-state index is 5.99. The van der Waals surface area contributed by atoms with Crippen molar-refractivity contribution in [3.8, 4) is 22.3 Å². The fourth-order valence-corrected chi connectivity index (χ4v) is 7.44. The fourth-order valence-electron chi connectivity index (χ4n) is 7.44. The summed E-state index contributed by atoms with van der Waals surface area (Å²) in [6.07, 6.45) is 0. The second-order valence-electron chi connectivity index (χ2n) is 16.6. The minimum absolute atomic E-state index is 0.631. The summed E-state index contributed by atoms with van der Waals surface area (Å²) in [4.78, 5) is 0. The van der Waals surface area contributed by atoms with Crippen LogP contribution in [0.3, 0.4) is 0 Å². The third-order valence-electron chi connectivity index (χ3n) is 10.6. The van der Waals surface area contributed by atoms with Gasteiger partial charge in [-0.2, -0.15) is 12.1 Å². The van der Waals surface area contributed by atoms with E-state index >= 15 is 0 Å². The van der Waals surface area contributed by atoms with Crippen LogP contribution in [0, 0.1) is 13.8 Å². The molecule has 4 nitrogen and oxygen atoms in total. The van der Waals surface area contributed by atoms with Crippen LogP contribution in [-0.4, -0.2) is 51.2 Å². The molecule has 8 aromatic carbocycles. The normalized spacial score (nSPS) is 11.1. The molecule has 0 unspecified atom stereocenters. The van der Waals surface area contributed by atoms with E-state index in [1.807, 2.05) is 36.4 Å². The number of rotatable bonds is 12. The molecule has 0 aliphatic rings. The van der Waals surface area contributed by atoms with E-state index in [2.05, 4.69) is 189 Å². The molecule has 2 radical (unpaired) electrons. The zero-order valence-corrected chi connectivity index (χ0v) is 42.4. The van der Waals surface area contributed by atoms with Gasteiger partial charge in [0.2, 0.25) is 0 Å². The molecule has 8 rings (SSSR count). The van der Waals surface area contributed by atoms with Gasteiger partial charge in [0.1, 0.15) is 11.4 Å². The third kappa shape index (κ3) is 14.0. The Hall–Kier alpha value is -3.94. The van der Waals surface area contributed by atoms with Gasteiger partial charge < -0.3 is 9.47 Å². The summed E-state index contributed by atoms with van der Waals surface area (Å²) in [5.41, 5.74) is 12.6. The van der Waals surface area contributed by atoms with Crippen LogP contribution < -0.4 is 8.97 Å². The number of ether oxygens (including phenoxy) is 2. The average Bonchev–Trinajstić information content (AvgIpc) is 3.86. The first-order valence-electron chi connectivity index (χ1n) is 20.9. The van der Waals surface area contributed by atoms with Gasteiger partial charge >= 0.3 is 37.9 Å². The summed E-state index contributed by atoms with van der Waals surface area (Å²) < 4.78 is 13.3. The third-order valence-corrected chi connectivity index (χ3v) is 10.6. The molecule has 0 aliphatic heterocycles. The van der Waals surface area contributed by atoms with E-state index in [0.29, 0.717) is 35.6 Å². The Kier molecular flexibility index (Phi) is 19.2. The van der Waals surface area contributed by atoms with Crippen molar-refractivity contribution in [2.75, 3.05) is 41.7 Å². The molecule has 0 heterocycles. The Labute approximate surface area is 392 Å². The molecule has 62 heavy (non-hydrogen) atoms. The predicted molar refractivity (Wildman–Crippen MR) is 268 cm³/mol. The van der Waals surface area contributed by atoms with Gasteiger partial charge in [-0.05, 0) is 70.8 Å². The van der Waals surface area contributed by atoms with Crippen LogP contribution in [-0.2, 0) is 43.5 Å². The molecule has 0 N–H and O–H groups in total. The van der Waals surface area contributed by atoms with Crippen LogP contribution in [0.15, 0.2) is 170 Å². The van der Waals surface area contributed by atoms with Crippen molar-refractivity contribution >= 4 is 59.5 Å². The van der Waals surface area contributed by atoms with E-state index in [1.54, 1.807) is 0 Å². The zero-order valence-electron chi connectivity index (χ0n) is 37.5. The number of nitrogens with zero attached hydrogens (tertiary/aromatic N) is 2. The Morgan fingerprint density at radius 3 is 1.18 bits per heavy atom. The molecule has 0 bridgehead atoms. The quantitative estimate of drug-likeness (QED) is 0.0526. The first-order chi connectivity index (χ1) is 29.9. The van der Waals surface area contributed by atoms with E-state index in [0.717, 1.165) is 9.52 Å². The van der Waals surface area contributed by atoms with Gasteiger partial charge in [0.25, 0.3) is 0 Å². The van der Waals surface area contributed by atoms with Gasteiger partial charge in [-0.15, -0.1) is 69.1 Å². The second kappa shape index (κ2) is 24.2. The number of halogens is 2. The number of hydrogen-bond donors (Lipinski definition) is 0. The molecule has 0 aliphatic carbocycles. The molecule has 0 spiro atoms. The van der Waals surface area contributed by atoms with E-state index in [4.69, 9.17) is 26.5 Å². The van der Waals surface area contributed by atoms with Crippen molar-refractivity contribution in [2.45, 2.75) is 40.2 Å². The first-order valence-corrected chi connectivity index (χ1v) is 29.2.